The van der Waals surface area contributed by atoms with Crippen LogP contribution >= 0.6 is 24.0 Å². The van der Waals surface area contributed by atoms with E-state index in [1.807, 2.05) is 38.1 Å². The number of aromatic hydroxyl groups is 1. The number of phenols is 1. The van der Waals surface area contributed by atoms with Crippen LogP contribution in [0.3, 0.4) is 0 Å². The number of amides is 1. The van der Waals surface area contributed by atoms with Crippen LogP contribution in [0.1, 0.15) is 16.7 Å². The number of nitrogens with zero attached hydrogens (tertiary/aromatic N) is 1. The predicted molar refractivity (Wildman–Crippen MR) is 99.7 cm³/mol. The topological polar surface area (TPSA) is 40.5 Å². The second-order valence-corrected chi connectivity index (χ2v) is 7.01. The Morgan fingerprint density at radius 3 is 2.65 bits per heavy atom. The highest BCUT2D eigenvalue weighted by molar-refractivity contribution is 8.27. The summed E-state index contributed by atoms with van der Waals surface area (Å²) in [5.74, 6) is 0.0424. The minimum atomic E-state index is -0.128. The van der Waals surface area contributed by atoms with Crippen LogP contribution in [0.15, 0.2) is 47.4 Å². The van der Waals surface area contributed by atoms with Gasteiger partial charge in [0.2, 0.25) is 0 Å². The van der Waals surface area contributed by atoms with Crippen LogP contribution in [0.5, 0.6) is 5.75 Å². The van der Waals surface area contributed by atoms with Gasteiger partial charge < -0.3 is 5.11 Å². The molecule has 3 nitrogen and oxygen atoms in total. The summed E-state index contributed by atoms with van der Waals surface area (Å²) >= 11 is 6.68. The molecule has 1 N–H and O–H groups in total. The maximum Gasteiger partial charge on any atom is 0.270 e. The van der Waals surface area contributed by atoms with Crippen LogP contribution in [0.4, 0.5) is 5.69 Å². The van der Waals surface area contributed by atoms with E-state index in [-0.39, 0.29) is 11.7 Å². The minimum absolute atomic E-state index is 0.128. The van der Waals surface area contributed by atoms with Gasteiger partial charge in [0.05, 0.1) is 10.6 Å². The number of benzene rings is 2. The number of aryl methyl sites for hydroxylation is 1. The second kappa shape index (κ2) is 6.18. The molecule has 0 unspecified atom stereocenters. The van der Waals surface area contributed by atoms with Crippen molar-refractivity contribution in [3.8, 4) is 5.75 Å². The molecular weight excluding hydrogens is 326 g/mol. The lowest BCUT2D eigenvalue weighted by Gasteiger charge is -2.18. The third-order valence-corrected chi connectivity index (χ3v) is 5.08. The molecule has 1 aliphatic heterocycles. The summed E-state index contributed by atoms with van der Waals surface area (Å²) in [6.45, 7) is 4.00. The quantitative estimate of drug-likeness (QED) is 0.649. The maximum absolute atomic E-state index is 12.8. The lowest BCUT2D eigenvalue weighted by Crippen LogP contribution is -2.28. The molecule has 0 spiro atoms. The number of hydrogen-bond acceptors (Lipinski definition) is 4. The molecule has 1 fully saturated rings. The van der Waals surface area contributed by atoms with Crippen molar-refractivity contribution < 1.29 is 9.90 Å². The highest BCUT2D eigenvalue weighted by atomic mass is 32.2. The molecule has 5 heteroatoms. The molecule has 2 aromatic carbocycles. The van der Waals surface area contributed by atoms with Crippen LogP contribution < -0.4 is 4.90 Å². The van der Waals surface area contributed by atoms with E-state index in [0.29, 0.717) is 9.23 Å². The summed E-state index contributed by atoms with van der Waals surface area (Å²) in [5, 5.41) is 9.54. The first-order chi connectivity index (χ1) is 11.0. The third kappa shape index (κ3) is 3.02. The Morgan fingerprint density at radius 1 is 1.17 bits per heavy atom. The van der Waals surface area contributed by atoms with Crippen molar-refractivity contribution in [3.05, 3.63) is 64.1 Å². The molecular formula is C18H15NO2S2. The molecule has 2 aromatic rings. The standard InChI is InChI=1S/C18H15NO2S2/c1-11-5-3-8-15(12(11)2)19-17(21)16(23-18(19)22)10-13-6-4-7-14(20)9-13/h3-10,20H,1-2H3. The summed E-state index contributed by atoms with van der Waals surface area (Å²) < 4.78 is 0.523. The lowest BCUT2D eigenvalue weighted by atomic mass is 10.1. The summed E-state index contributed by atoms with van der Waals surface area (Å²) in [7, 11) is 0. The lowest BCUT2D eigenvalue weighted by molar-refractivity contribution is -0.113. The predicted octanol–water partition coefficient (Wildman–Crippen LogP) is 4.41. The van der Waals surface area contributed by atoms with Gasteiger partial charge in [0.1, 0.15) is 5.75 Å². The Morgan fingerprint density at radius 2 is 1.91 bits per heavy atom. The number of carbonyl (C=O) groups excluding carboxylic acids is 1. The van der Waals surface area contributed by atoms with E-state index in [9.17, 15) is 9.90 Å². The molecule has 0 atom stereocenters. The SMILES string of the molecule is Cc1cccc(N2C(=O)C(=Cc3cccc(O)c3)SC2=S)c1C. The maximum atomic E-state index is 12.8. The molecule has 1 heterocycles. The highest BCUT2D eigenvalue weighted by Crippen LogP contribution is 2.37. The van der Waals surface area contributed by atoms with Gasteiger partial charge in [-0.3, -0.25) is 9.69 Å². The number of phenolic OH excluding ortho intramolecular Hbond substituents is 1. The molecule has 1 saturated heterocycles. The third-order valence-electron chi connectivity index (χ3n) is 3.78. The number of thiocarbonyl (C=S) groups is 1. The van der Waals surface area contributed by atoms with E-state index in [0.717, 1.165) is 22.4 Å². The molecule has 116 valence electrons. The van der Waals surface area contributed by atoms with Crippen molar-refractivity contribution in [1.29, 1.82) is 0 Å². The fourth-order valence-electron chi connectivity index (χ4n) is 2.42. The fraction of sp³-hybridized carbons (Fsp3) is 0.111. The van der Waals surface area contributed by atoms with Gasteiger partial charge in [-0.1, -0.05) is 48.2 Å². The van der Waals surface area contributed by atoms with E-state index in [1.165, 1.54) is 11.8 Å². The highest BCUT2D eigenvalue weighted by Gasteiger charge is 2.34. The van der Waals surface area contributed by atoms with Crippen LogP contribution in [-0.4, -0.2) is 15.3 Å². The van der Waals surface area contributed by atoms with Crippen molar-refractivity contribution in [2.24, 2.45) is 0 Å². The molecule has 0 radical (unpaired) electrons. The van der Waals surface area contributed by atoms with Gasteiger partial charge in [-0.25, -0.2) is 0 Å². The van der Waals surface area contributed by atoms with Crippen molar-refractivity contribution in [1.82, 2.24) is 0 Å². The van der Waals surface area contributed by atoms with Crippen molar-refractivity contribution in [2.75, 3.05) is 4.90 Å². The molecule has 0 saturated carbocycles. The summed E-state index contributed by atoms with van der Waals surface area (Å²) in [4.78, 5) is 14.9. The zero-order chi connectivity index (χ0) is 16.6. The number of rotatable bonds is 2. The normalized spacial score (nSPS) is 16.4. The Balaban J connectivity index is 1.99. The van der Waals surface area contributed by atoms with Gasteiger partial charge in [0.15, 0.2) is 4.32 Å². The van der Waals surface area contributed by atoms with Gasteiger partial charge in [-0.15, -0.1) is 0 Å². The van der Waals surface area contributed by atoms with E-state index in [1.54, 1.807) is 29.2 Å². The summed E-state index contributed by atoms with van der Waals surface area (Å²) in [5.41, 5.74) is 3.76. The molecule has 1 aliphatic rings. The van der Waals surface area contributed by atoms with Gasteiger partial charge in [-0.05, 0) is 54.8 Å². The van der Waals surface area contributed by atoms with Crippen molar-refractivity contribution >= 4 is 46.0 Å². The van der Waals surface area contributed by atoms with Crippen LogP contribution in [0, 0.1) is 13.8 Å². The second-order valence-electron chi connectivity index (χ2n) is 5.33. The number of hydrogen-bond donors (Lipinski definition) is 1. The molecule has 0 aliphatic carbocycles. The minimum Gasteiger partial charge on any atom is -0.508 e. The Hall–Kier alpha value is -2.11. The monoisotopic (exact) mass is 341 g/mol. The van der Waals surface area contributed by atoms with E-state index in [2.05, 4.69) is 0 Å². The largest absolute Gasteiger partial charge is 0.508 e. The smallest absolute Gasteiger partial charge is 0.270 e. The molecule has 3 rings (SSSR count). The van der Waals surface area contributed by atoms with E-state index < -0.39 is 0 Å². The zero-order valence-corrected chi connectivity index (χ0v) is 14.4. The number of carbonyl (C=O) groups is 1. The summed E-state index contributed by atoms with van der Waals surface area (Å²) in [6, 6.07) is 12.6. The van der Waals surface area contributed by atoms with Crippen molar-refractivity contribution in [3.63, 3.8) is 0 Å². The van der Waals surface area contributed by atoms with Crippen LogP contribution in [0.2, 0.25) is 0 Å². The number of thioether (sulfide) groups is 1. The van der Waals surface area contributed by atoms with E-state index in [4.69, 9.17) is 12.2 Å². The molecule has 0 aromatic heterocycles. The Labute approximate surface area is 144 Å². The van der Waals surface area contributed by atoms with Gasteiger partial charge >= 0.3 is 0 Å². The Bertz CT molecular complexity index is 843. The molecule has 0 bridgehead atoms. The number of anilines is 1. The zero-order valence-electron chi connectivity index (χ0n) is 12.7. The van der Waals surface area contributed by atoms with Gasteiger partial charge in [0, 0.05) is 0 Å². The average Bonchev–Trinajstić information content (AvgIpc) is 2.77. The molecule has 23 heavy (non-hydrogen) atoms. The summed E-state index contributed by atoms with van der Waals surface area (Å²) in [6.07, 6.45) is 1.75. The van der Waals surface area contributed by atoms with Gasteiger partial charge in [-0.2, -0.15) is 0 Å². The average molecular weight is 341 g/mol. The molecule has 1 amide bonds. The van der Waals surface area contributed by atoms with Crippen molar-refractivity contribution in [2.45, 2.75) is 13.8 Å². The van der Waals surface area contributed by atoms with Crippen LogP contribution in [-0.2, 0) is 4.79 Å². The van der Waals surface area contributed by atoms with Crippen LogP contribution in [0.25, 0.3) is 6.08 Å². The van der Waals surface area contributed by atoms with E-state index >= 15 is 0 Å². The first-order valence-corrected chi connectivity index (χ1v) is 8.33. The Kier molecular flexibility index (Phi) is 4.24. The first-order valence-electron chi connectivity index (χ1n) is 7.10. The van der Waals surface area contributed by atoms with Gasteiger partial charge in [0.25, 0.3) is 5.91 Å². The fourth-order valence-corrected chi connectivity index (χ4v) is 3.70. The first kappa shape index (κ1) is 15.8.